The molecule has 0 atom stereocenters. The zero-order valence-corrected chi connectivity index (χ0v) is 29.8. The molecular weight excluding hydrogens is 645 g/mol. The van der Waals surface area contributed by atoms with Crippen molar-refractivity contribution in [2.75, 3.05) is 39.3 Å². The molecule has 0 saturated heterocycles. The molecule has 0 bridgehead atoms. The molecule has 0 saturated carbocycles. The van der Waals surface area contributed by atoms with Crippen LogP contribution in [0.5, 0.6) is 0 Å². The molecule has 0 unspecified atom stereocenters. The van der Waals surface area contributed by atoms with E-state index in [1.54, 1.807) is 0 Å². The van der Waals surface area contributed by atoms with Crippen LogP contribution in [-0.4, -0.2) is 88.8 Å². The molecule has 10 heteroatoms. The van der Waals surface area contributed by atoms with Crippen molar-refractivity contribution in [3.8, 4) is 0 Å². The van der Waals surface area contributed by atoms with Crippen LogP contribution in [0.15, 0.2) is 146 Å². The minimum Gasteiger partial charge on any atom is -0.300 e. The number of pyridine rings is 6. The van der Waals surface area contributed by atoms with Gasteiger partial charge in [0.1, 0.15) is 0 Å². The van der Waals surface area contributed by atoms with Crippen molar-refractivity contribution in [3.63, 3.8) is 0 Å². The molecule has 266 valence electrons. The van der Waals surface area contributed by atoms with E-state index in [0.29, 0.717) is 0 Å². The number of aromatic nitrogens is 6. The van der Waals surface area contributed by atoms with Crippen LogP contribution in [0.4, 0.5) is 0 Å². The molecule has 6 heterocycles. The second-order valence-corrected chi connectivity index (χ2v) is 12.9. The summed E-state index contributed by atoms with van der Waals surface area (Å²) in [5.41, 5.74) is 6.33. The standard InChI is InChI=1S/C42H48N10/c1-7-19-43-37(13-1)31-50(32-38-14-2-8-20-44-38)28-25-49(26-29-51(33-39-15-3-9-21-45-39)34-40-16-4-10-22-46-40)27-30-52(35-41-17-5-11-23-47-41)36-42-18-6-12-24-48-42/h1-24H,25-36H2. The first-order chi connectivity index (χ1) is 25.7. The third-order valence-corrected chi connectivity index (χ3v) is 8.87. The number of hydrogen-bond acceptors (Lipinski definition) is 10. The van der Waals surface area contributed by atoms with E-state index in [1.807, 2.05) is 73.6 Å². The highest BCUT2D eigenvalue weighted by atomic mass is 15.3. The molecule has 0 N–H and O–H groups in total. The highest BCUT2D eigenvalue weighted by molar-refractivity contribution is 5.09. The van der Waals surface area contributed by atoms with Gasteiger partial charge in [-0.05, 0) is 72.8 Å². The molecule has 6 rings (SSSR count). The van der Waals surface area contributed by atoms with E-state index in [9.17, 15) is 0 Å². The van der Waals surface area contributed by atoms with Crippen LogP contribution in [0.3, 0.4) is 0 Å². The van der Waals surface area contributed by atoms with E-state index in [-0.39, 0.29) is 0 Å². The minimum absolute atomic E-state index is 0.752. The summed E-state index contributed by atoms with van der Waals surface area (Å²) in [5.74, 6) is 0. The molecule has 0 radical (unpaired) electrons. The van der Waals surface area contributed by atoms with Gasteiger partial charge < -0.3 is 0 Å². The lowest BCUT2D eigenvalue weighted by Crippen LogP contribution is -2.43. The lowest BCUT2D eigenvalue weighted by atomic mass is 10.2. The van der Waals surface area contributed by atoms with Gasteiger partial charge in [0.05, 0.1) is 34.2 Å². The van der Waals surface area contributed by atoms with Crippen molar-refractivity contribution in [2.24, 2.45) is 0 Å². The molecular formula is C42H48N10. The summed E-state index contributed by atoms with van der Waals surface area (Å²) < 4.78 is 0. The van der Waals surface area contributed by atoms with Gasteiger partial charge >= 0.3 is 0 Å². The predicted octanol–water partition coefficient (Wildman–Crippen LogP) is 5.77. The minimum atomic E-state index is 0.752. The SMILES string of the molecule is c1ccc(CN(CCN(CCN(Cc2ccccn2)Cc2ccccn2)CCN(Cc2ccccn2)Cc2ccccn2)Cc2ccccn2)nc1. The van der Waals surface area contributed by atoms with Crippen LogP contribution in [0.25, 0.3) is 0 Å². The molecule has 52 heavy (non-hydrogen) atoms. The molecule has 0 aliphatic rings. The first kappa shape index (κ1) is 36.5. The Morgan fingerprint density at radius 1 is 0.250 bits per heavy atom. The van der Waals surface area contributed by atoms with Crippen LogP contribution >= 0.6 is 0 Å². The summed E-state index contributed by atoms with van der Waals surface area (Å²) in [7, 11) is 0. The fourth-order valence-electron chi connectivity index (χ4n) is 6.15. The van der Waals surface area contributed by atoms with E-state index < -0.39 is 0 Å². The van der Waals surface area contributed by atoms with Gasteiger partial charge in [-0.1, -0.05) is 36.4 Å². The van der Waals surface area contributed by atoms with E-state index in [0.717, 1.165) is 113 Å². The molecule has 6 aromatic heterocycles. The number of hydrogen-bond donors (Lipinski definition) is 0. The van der Waals surface area contributed by atoms with Gasteiger partial charge in [0.2, 0.25) is 0 Å². The summed E-state index contributed by atoms with van der Waals surface area (Å²) in [6.07, 6.45) is 11.2. The van der Waals surface area contributed by atoms with Crippen molar-refractivity contribution in [1.82, 2.24) is 49.5 Å². The molecule has 10 nitrogen and oxygen atoms in total. The van der Waals surface area contributed by atoms with Crippen molar-refractivity contribution < 1.29 is 0 Å². The Labute approximate surface area is 307 Å². The summed E-state index contributed by atoms with van der Waals surface area (Å²) in [6, 6.07) is 36.8. The predicted molar refractivity (Wildman–Crippen MR) is 204 cm³/mol. The van der Waals surface area contributed by atoms with Crippen molar-refractivity contribution in [3.05, 3.63) is 181 Å². The molecule has 0 amide bonds. The fraction of sp³-hybridized carbons (Fsp3) is 0.286. The van der Waals surface area contributed by atoms with E-state index >= 15 is 0 Å². The van der Waals surface area contributed by atoms with E-state index in [1.165, 1.54) is 0 Å². The zero-order chi connectivity index (χ0) is 35.5. The molecule has 0 aliphatic heterocycles. The second kappa shape index (κ2) is 20.6. The Morgan fingerprint density at radius 3 is 0.615 bits per heavy atom. The monoisotopic (exact) mass is 692 g/mol. The number of rotatable bonds is 21. The average molecular weight is 693 g/mol. The van der Waals surface area contributed by atoms with Gasteiger partial charge in [0, 0.05) is 116 Å². The molecule has 6 aromatic rings. The molecule has 0 spiro atoms. The summed E-state index contributed by atoms with van der Waals surface area (Å²) in [6.45, 7) is 9.79. The van der Waals surface area contributed by atoms with Crippen LogP contribution in [-0.2, 0) is 39.3 Å². The Hall–Kier alpha value is -5.26. The normalized spacial score (nSPS) is 11.5. The van der Waals surface area contributed by atoms with Gasteiger partial charge in [-0.25, -0.2) is 0 Å². The third-order valence-electron chi connectivity index (χ3n) is 8.87. The van der Waals surface area contributed by atoms with E-state index in [2.05, 4.69) is 122 Å². The Morgan fingerprint density at radius 2 is 0.442 bits per heavy atom. The van der Waals surface area contributed by atoms with Crippen LogP contribution in [0.2, 0.25) is 0 Å². The van der Waals surface area contributed by atoms with E-state index in [4.69, 9.17) is 0 Å². The average Bonchev–Trinajstić information content (AvgIpc) is 3.20. The van der Waals surface area contributed by atoms with Gasteiger partial charge in [0.15, 0.2) is 0 Å². The largest absolute Gasteiger partial charge is 0.300 e. The lowest BCUT2D eigenvalue weighted by Gasteiger charge is -2.32. The van der Waals surface area contributed by atoms with Gasteiger partial charge in [-0.2, -0.15) is 0 Å². The highest BCUT2D eigenvalue weighted by Gasteiger charge is 2.17. The Bertz CT molecular complexity index is 1460. The maximum absolute atomic E-state index is 4.65. The van der Waals surface area contributed by atoms with Gasteiger partial charge in [-0.3, -0.25) is 49.5 Å². The molecule has 0 fully saturated rings. The maximum atomic E-state index is 4.65. The quantitative estimate of drug-likeness (QED) is 0.0927. The smallest absolute Gasteiger partial charge is 0.0544 e. The van der Waals surface area contributed by atoms with Crippen LogP contribution in [0.1, 0.15) is 34.2 Å². The molecule has 0 aliphatic carbocycles. The maximum Gasteiger partial charge on any atom is 0.0544 e. The Balaban J connectivity index is 1.20. The van der Waals surface area contributed by atoms with Crippen molar-refractivity contribution in [2.45, 2.75) is 39.3 Å². The summed E-state index contributed by atoms with van der Waals surface area (Å²) in [4.78, 5) is 37.9. The number of nitrogens with zero attached hydrogens (tertiary/aromatic N) is 10. The lowest BCUT2D eigenvalue weighted by molar-refractivity contribution is 0.140. The first-order valence-electron chi connectivity index (χ1n) is 18.0. The van der Waals surface area contributed by atoms with Crippen LogP contribution in [0, 0.1) is 0 Å². The topological polar surface area (TPSA) is 90.3 Å². The summed E-state index contributed by atoms with van der Waals surface area (Å²) in [5, 5.41) is 0. The van der Waals surface area contributed by atoms with Crippen LogP contribution < -0.4 is 0 Å². The van der Waals surface area contributed by atoms with Crippen molar-refractivity contribution >= 4 is 0 Å². The zero-order valence-electron chi connectivity index (χ0n) is 29.8. The van der Waals surface area contributed by atoms with Crippen molar-refractivity contribution in [1.29, 1.82) is 0 Å². The summed E-state index contributed by atoms with van der Waals surface area (Å²) >= 11 is 0. The molecule has 0 aromatic carbocycles. The fourth-order valence-corrected chi connectivity index (χ4v) is 6.15. The van der Waals surface area contributed by atoms with Gasteiger partial charge in [-0.15, -0.1) is 0 Å². The Kier molecular flexibility index (Phi) is 14.4. The second-order valence-electron chi connectivity index (χ2n) is 12.9. The third kappa shape index (κ3) is 12.8. The van der Waals surface area contributed by atoms with Gasteiger partial charge in [0.25, 0.3) is 0 Å². The highest BCUT2D eigenvalue weighted by Crippen LogP contribution is 2.12. The first-order valence-corrected chi connectivity index (χ1v) is 18.0.